The van der Waals surface area contributed by atoms with E-state index in [2.05, 4.69) is 26.0 Å². The number of hydrogen-bond donors (Lipinski definition) is 1. The van der Waals surface area contributed by atoms with Crippen LogP contribution < -0.4 is 0 Å². The standard InChI is InChI=1S/C15H22O/c1-11(2)15(13-4-3-5-13)10-12-6-8-14(16)9-7-12/h6-9,11,13,15-16H,3-5,10H2,1-2H3/t15-/m0/s1. The summed E-state index contributed by atoms with van der Waals surface area (Å²) in [5.41, 5.74) is 1.36. The van der Waals surface area contributed by atoms with E-state index in [0.717, 1.165) is 17.8 Å². The molecule has 1 nitrogen and oxygen atoms in total. The topological polar surface area (TPSA) is 20.2 Å². The number of phenols is 1. The van der Waals surface area contributed by atoms with Crippen LogP contribution in [0.4, 0.5) is 0 Å². The van der Waals surface area contributed by atoms with E-state index in [-0.39, 0.29) is 0 Å². The summed E-state index contributed by atoms with van der Waals surface area (Å²) in [5, 5.41) is 9.27. The molecule has 0 saturated heterocycles. The summed E-state index contributed by atoms with van der Waals surface area (Å²) < 4.78 is 0. The molecule has 1 aliphatic carbocycles. The van der Waals surface area contributed by atoms with Crippen molar-refractivity contribution in [1.29, 1.82) is 0 Å². The van der Waals surface area contributed by atoms with E-state index >= 15 is 0 Å². The summed E-state index contributed by atoms with van der Waals surface area (Å²) in [4.78, 5) is 0. The van der Waals surface area contributed by atoms with Crippen LogP contribution in [0, 0.1) is 17.8 Å². The molecule has 0 heterocycles. The van der Waals surface area contributed by atoms with Crippen molar-refractivity contribution in [2.75, 3.05) is 0 Å². The van der Waals surface area contributed by atoms with Crippen molar-refractivity contribution in [3.8, 4) is 5.75 Å². The van der Waals surface area contributed by atoms with Crippen LogP contribution in [0.5, 0.6) is 5.75 Å². The fraction of sp³-hybridized carbons (Fsp3) is 0.600. The van der Waals surface area contributed by atoms with Gasteiger partial charge in [0.2, 0.25) is 0 Å². The summed E-state index contributed by atoms with van der Waals surface area (Å²) in [5.74, 6) is 2.89. The molecule has 1 aliphatic rings. The van der Waals surface area contributed by atoms with E-state index < -0.39 is 0 Å². The average molecular weight is 218 g/mol. The van der Waals surface area contributed by atoms with Crippen molar-refractivity contribution in [1.82, 2.24) is 0 Å². The van der Waals surface area contributed by atoms with Crippen LogP contribution in [0.2, 0.25) is 0 Å². The first-order valence-electron chi connectivity index (χ1n) is 6.44. The van der Waals surface area contributed by atoms with Crippen molar-refractivity contribution in [2.24, 2.45) is 17.8 Å². The third-order valence-corrected chi connectivity index (χ3v) is 4.02. The Morgan fingerprint density at radius 2 is 1.81 bits per heavy atom. The Kier molecular flexibility index (Phi) is 3.52. The van der Waals surface area contributed by atoms with Crippen LogP contribution in [0.15, 0.2) is 24.3 Å². The minimum Gasteiger partial charge on any atom is -0.508 e. The lowest BCUT2D eigenvalue weighted by atomic mass is 9.69. The van der Waals surface area contributed by atoms with E-state index in [1.54, 1.807) is 12.1 Å². The monoisotopic (exact) mass is 218 g/mol. The van der Waals surface area contributed by atoms with Gasteiger partial charge in [-0.2, -0.15) is 0 Å². The molecule has 1 aromatic carbocycles. The quantitative estimate of drug-likeness (QED) is 0.809. The summed E-state index contributed by atoms with van der Waals surface area (Å²) >= 11 is 0. The van der Waals surface area contributed by atoms with Gasteiger partial charge in [-0.25, -0.2) is 0 Å². The van der Waals surface area contributed by atoms with Crippen LogP contribution in [-0.2, 0) is 6.42 Å². The Bertz CT molecular complexity index is 322. The number of hydrogen-bond acceptors (Lipinski definition) is 1. The third-order valence-electron chi connectivity index (χ3n) is 4.02. The summed E-state index contributed by atoms with van der Waals surface area (Å²) in [7, 11) is 0. The highest BCUT2D eigenvalue weighted by Gasteiger charge is 2.29. The van der Waals surface area contributed by atoms with Gasteiger partial charge in [0, 0.05) is 0 Å². The predicted octanol–water partition coefficient (Wildman–Crippen LogP) is 4.01. The molecule has 1 N–H and O–H groups in total. The molecule has 1 atom stereocenters. The zero-order chi connectivity index (χ0) is 11.5. The zero-order valence-corrected chi connectivity index (χ0v) is 10.3. The number of aromatic hydroxyl groups is 1. The third kappa shape index (κ3) is 2.58. The second kappa shape index (κ2) is 4.90. The van der Waals surface area contributed by atoms with Gasteiger partial charge < -0.3 is 5.11 Å². The molecule has 1 fully saturated rings. The van der Waals surface area contributed by atoms with E-state index in [1.165, 1.54) is 31.2 Å². The molecule has 0 spiro atoms. The Morgan fingerprint density at radius 1 is 1.19 bits per heavy atom. The predicted molar refractivity (Wildman–Crippen MR) is 67.5 cm³/mol. The minimum atomic E-state index is 0.369. The SMILES string of the molecule is CC(C)[C@H](Cc1ccc(O)cc1)C1CCC1. The van der Waals surface area contributed by atoms with Gasteiger partial charge >= 0.3 is 0 Å². The maximum Gasteiger partial charge on any atom is 0.115 e. The van der Waals surface area contributed by atoms with E-state index in [9.17, 15) is 5.11 Å². The maximum atomic E-state index is 9.27. The summed E-state index contributed by atoms with van der Waals surface area (Å²) in [6, 6.07) is 7.72. The van der Waals surface area contributed by atoms with Crippen LogP contribution in [0.1, 0.15) is 38.7 Å². The fourth-order valence-corrected chi connectivity index (χ4v) is 2.72. The molecule has 1 heteroatoms. The summed E-state index contributed by atoms with van der Waals surface area (Å²) in [6.07, 6.45) is 5.42. The van der Waals surface area contributed by atoms with Crippen molar-refractivity contribution in [3.63, 3.8) is 0 Å². The van der Waals surface area contributed by atoms with Crippen LogP contribution in [-0.4, -0.2) is 5.11 Å². The number of rotatable bonds is 4. The van der Waals surface area contributed by atoms with Crippen molar-refractivity contribution >= 4 is 0 Å². The molecule has 0 aliphatic heterocycles. The molecule has 1 saturated carbocycles. The van der Waals surface area contributed by atoms with Crippen LogP contribution >= 0.6 is 0 Å². The van der Waals surface area contributed by atoms with Gasteiger partial charge in [0.25, 0.3) is 0 Å². The molecular formula is C15H22O. The molecule has 2 rings (SSSR count). The Morgan fingerprint density at radius 3 is 2.25 bits per heavy atom. The highest BCUT2D eigenvalue weighted by molar-refractivity contribution is 5.26. The normalized spacial score (nSPS) is 18.4. The lowest BCUT2D eigenvalue weighted by Gasteiger charge is -2.36. The minimum absolute atomic E-state index is 0.369. The van der Waals surface area contributed by atoms with Gasteiger partial charge in [-0.3, -0.25) is 0 Å². The molecule has 0 bridgehead atoms. The Hall–Kier alpha value is -0.980. The van der Waals surface area contributed by atoms with Gasteiger partial charge in [0.05, 0.1) is 0 Å². The first-order chi connectivity index (χ1) is 7.66. The Balaban J connectivity index is 2.02. The highest BCUT2D eigenvalue weighted by Crippen LogP contribution is 2.39. The number of phenolic OH excluding ortho intramolecular Hbond substituents is 1. The highest BCUT2D eigenvalue weighted by atomic mass is 16.3. The van der Waals surface area contributed by atoms with Gasteiger partial charge in [0.1, 0.15) is 5.75 Å². The van der Waals surface area contributed by atoms with E-state index in [4.69, 9.17) is 0 Å². The van der Waals surface area contributed by atoms with Crippen molar-refractivity contribution in [3.05, 3.63) is 29.8 Å². The Labute approximate surface area is 98.5 Å². The first kappa shape index (κ1) is 11.5. The van der Waals surface area contributed by atoms with Gasteiger partial charge in [-0.1, -0.05) is 45.2 Å². The lowest BCUT2D eigenvalue weighted by molar-refractivity contribution is 0.159. The second-order valence-electron chi connectivity index (χ2n) is 5.47. The van der Waals surface area contributed by atoms with Crippen molar-refractivity contribution in [2.45, 2.75) is 39.5 Å². The number of benzene rings is 1. The fourth-order valence-electron chi connectivity index (χ4n) is 2.72. The molecule has 0 unspecified atom stereocenters. The smallest absolute Gasteiger partial charge is 0.115 e. The van der Waals surface area contributed by atoms with E-state index in [0.29, 0.717) is 5.75 Å². The van der Waals surface area contributed by atoms with Gasteiger partial charge in [0.15, 0.2) is 0 Å². The average Bonchev–Trinajstić information content (AvgIpc) is 2.17. The van der Waals surface area contributed by atoms with Crippen LogP contribution in [0.3, 0.4) is 0 Å². The van der Waals surface area contributed by atoms with Gasteiger partial charge in [-0.15, -0.1) is 0 Å². The molecule has 88 valence electrons. The largest absolute Gasteiger partial charge is 0.508 e. The molecule has 16 heavy (non-hydrogen) atoms. The summed E-state index contributed by atoms with van der Waals surface area (Å²) in [6.45, 7) is 4.67. The van der Waals surface area contributed by atoms with E-state index in [1.807, 2.05) is 0 Å². The van der Waals surface area contributed by atoms with Crippen molar-refractivity contribution < 1.29 is 5.11 Å². The second-order valence-corrected chi connectivity index (χ2v) is 5.47. The first-order valence-corrected chi connectivity index (χ1v) is 6.44. The molecule has 1 aromatic rings. The molecular weight excluding hydrogens is 196 g/mol. The molecule has 0 aromatic heterocycles. The molecule has 0 radical (unpaired) electrons. The maximum absolute atomic E-state index is 9.27. The van der Waals surface area contributed by atoms with Gasteiger partial charge in [-0.05, 0) is 41.9 Å². The lowest BCUT2D eigenvalue weighted by Crippen LogP contribution is -2.27. The molecule has 0 amide bonds. The van der Waals surface area contributed by atoms with Crippen LogP contribution in [0.25, 0.3) is 0 Å². The zero-order valence-electron chi connectivity index (χ0n) is 10.3.